The number of fused-ring (bicyclic) bond motifs is 1. The number of hydrogen-bond donors (Lipinski definition) is 3. The molecule has 0 aromatic carbocycles. The lowest BCUT2D eigenvalue weighted by atomic mass is 9.94. The molecule has 2 aromatic rings. The lowest BCUT2D eigenvalue weighted by Gasteiger charge is -2.37. The average molecular weight is 481 g/mol. The van der Waals surface area contributed by atoms with Gasteiger partial charge in [-0.25, -0.2) is 9.50 Å². The number of anilines is 1. The van der Waals surface area contributed by atoms with Crippen LogP contribution in [0.1, 0.15) is 43.0 Å². The van der Waals surface area contributed by atoms with E-state index in [-0.39, 0.29) is 12.6 Å². The zero-order valence-corrected chi connectivity index (χ0v) is 19.4. The summed E-state index contributed by atoms with van der Waals surface area (Å²) in [7, 11) is 1.47. The van der Waals surface area contributed by atoms with Crippen molar-refractivity contribution in [3.05, 3.63) is 23.5 Å². The highest BCUT2D eigenvalue weighted by Gasteiger charge is 2.45. The zero-order valence-electron chi connectivity index (χ0n) is 19.4. The number of hydrogen-bond acceptors (Lipinski definition) is 7. The number of carbonyl (C=O) groups excluding carboxylic acids is 1. The Bertz CT molecular complexity index is 1070. The largest absolute Gasteiger partial charge is 0.429 e. The summed E-state index contributed by atoms with van der Waals surface area (Å²) in [4.78, 5) is 21.6. The molecule has 2 fully saturated rings. The second-order valence-electron chi connectivity index (χ2n) is 9.18. The van der Waals surface area contributed by atoms with Gasteiger partial charge in [0.05, 0.1) is 17.7 Å². The van der Waals surface area contributed by atoms with E-state index in [0.29, 0.717) is 30.7 Å². The third-order valence-electron chi connectivity index (χ3n) is 6.64. The van der Waals surface area contributed by atoms with Crippen LogP contribution in [0.5, 0.6) is 0 Å². The number of alkyl halides is 3. The molecular formula is C22H31F3N8O. The van der Waals surface area contributed by atoms with Crippen molar-refractivity contribution >= 4 is 23.1 Å². The fourth-order valence-corrected chi connectivity index (χ4v) is 4.90. The van der Waals surface area contributed by atoms with Gasteiger partial charge in [0.1, 0.15) is 11.5 Å². The Morgan fingerprint density at radius 2 is 2.09 bits per heavy atom. The van der Waals surface area contributed by atoms with Crippen molar-refractivity contribution in [2.24, 2.45) is 11.7 Å². The summed E-state index contributed by atoms with van der Waals surface area (Å²) in [5.41, 5.74) is 6.67. The van der Waals surface area contributed by atoms with Gasteiger partial charge >= 0.3 is 6.18 Å². The number of aromatic nitrogens is 3. The van der Waals surface area contributed by atoms with Gasteiger partial charge in [0.2, 0.25) is 5.91 Å². The van der Waals surface area contributed by atoms with Crippen molar-refractivity contribution in [2.45, 2.75) is 50.9 Å². The Labute approximate surface area is 196 Å². The first-order valence-corrected chi connectivity index (χ1v) is 11.6. The Morgan fingerprint density at radius 1 is 1.32 bits per heavy atom. The summed E-state index contributed by atoms with van der Waals surface area (Å²) < 4.78 is 41.5. The number of piperidine rings is 1. The number of aryl methyl sites for hydroxylation is 1. The third-order valence-corrected chi connectivity index (χ3v) is 6.64. The molecule has 2 aromatic heterocycles. The summed E-state index contributed by atoms with van der Waals surface area (Å²) in [6.07, 6.45) is 0.0342. The summed E-state index contributed by atoms with van der Waals surface area (Å²) >= 11 is 0. The first-order chi connectivity index (χ1) is 16.1. The van der Waals surface area contributed by atoms with Crippen molar-refractivity contribution in [1.29, 1.82) is 5.41 Å². The maximum absolute atomic E-state index is 13.3. The van der Waals surface area contributed by atoms with E-state index >= 15 is 0 Å². The van der Waals surface area contributed by atoms with Crippen molar-refractivity contribution < 1.29 is 18.0 Å². The van der Waals surface area contributed by atoms with Crippen LogP contribution in [0, 0.1) is 18.3 Å². The molecule has 12 heteroatoms. The van der Waals surface area contributed by atoms with E-state index in [9.17, 15) is 18.0 Å². The number of rotatable bonds is 6. The van der Waals surface area contributed by atoms with Gasteiger partial charge in [0.25, 0.3) is 0 Å². The molecule has 2 saturated heterocycles. The van der Waals surface area contributed by atoms with Gasteiger partial charge in [-0.05, 0) is 39.7 Å². The van der Waals surface area contributed by atoms with Crippen molar-refractivity contribution in [3.8, 4) is 0 Å². The molecule has 3 atom stereocenters. The van der Waals surface area contributed by atoms with Gasteiger partial charge in [-0.15, -0.1) is 0 Å². The smallest absolute Gasteiger partial charge is 0.355 e. The predicted molar refractivity (Wildman–Crippen MR) is 122 cm³/mol. The van der Waals surface area contributed by atoms with Gasteiger partial charge in [-0.2, -0.15) is 18.3 Å². The fraction of sp³-hybridized carbons (Fsp3) is 0.636. The summed E-state index contributed by atoms with van der Waals surface area (Å²) in [6, 6.07) is 1.45. The minimum Gasteiger partial charge on any atom is -0.355 e. The molecule has 186 valence electrons. The predicted octanol–water partition coefficient (Wildman–Crippen LogP) is 2.05. The first-order valence-electron chi connectivity index (χ1n) is 11.6. The highest BCUT2D eigenvalue weighted by molar-refractivity contribution is 6.05. The van der Waals surface area contributed by atoms with E-state index in [0.717, 1.165) is 37.3 Å². The molecule has 0 aliphatic carbocycles. The number of amides is 1. The van der Waals surface area contributed by atoms with Crippen LogP contribution in [-0.2, 0) is 4.79 Å². The molecule has 9 nitrogen and oxygen atoms in total. The lowest BCUT2D eigenvalue weighted by molar-refractivity contribution is -0.139. The molecule has 0 spiro atoms. The van der Waals surface area contributed by atoms with Crippen LogP contribution in [0.15, 0.2) is 12.3 Å². The van der Waals surface area contributed by atoms with Crippen molar-refractivity contribution in [3.63, 3.8) is 0 Å². The lowest BCUT2D eigenvalue weighted by Crippen LogP contribution is -2.49. The summed E-state index contributed by atoms with van der Waals surface area (Å²) in [5, 5.41) is 14.9. The number of nitrogens with two attached hydrogens (primary N) is 1. The normalized spacial score (nSPS) is 22.4. The van der Waals surface area contributed by atoms with Crippen LogP contribution in [0.4, 0.5) is 19.0 Å². The van der Waals surface area contributed by atoms with Gasteiger partial charge in [-0.1, -0.05) is 0 Å². The highest BCUT2D eigenvalue weighted by Crippen LogP contribution is 2.34. The maximum atomic E-state index is 13.3. The van der Waals surface area contributed by atoms with Crippen molar-refractivity contribution in [2.75, 3.05) is 38.1 Å². The number of carbonyl (C=O) groups is 1. The van der Waals surface area contributed by atoms with Gasteiger partial charge < -0.3 is 20.9 Å². The number of nitrogens with zero attached hydrogens (tertiary/aromatic N) is 5. The monoisotopic (exact) mass is 480 g/mol. The molecule has 0 bridgehead atoms. The van der Waals surface area contributed by atoms with Gasteiger partial charge in [0, 0.05) is 50.0 Å². The second-order valence-corrected chi connectivity index (χ2v) is 9.18. The highest BCUT2D eigenvalue weighted by atomic mass is 19.4. The molecule has 0 saturated carbocycles. The van der Waals surface area contributed by atoms with Crippen LogP contribution >= 0.6 is 0 Å². The zero-order chi connectivity index (χ0) is 24.6. The number of nitrogens with one attached hydrogen (secondary N) is 2. The number of likely N-dealkylation sites (tertiary alicyclic amines) is 1. The van der Waals surface area contributed by atoms with E-state index < -0.39 is 29.8 Å². The molecule has 1 unspecified atom stereocenters. The molecule has 4 rings (SSSR count). The SMILES string of the molecule is CNCC(C(=N)C(F)(F)F)C(=O)N1CCCC[C@H]1c1cc2nc(N3CC[C@H](N)C3)c(C)cn2n1. The van der Waals surface area contributed by atoms with Crippen LogP contribution in [-0.4, -0.2) is 76.6 Å². The first kappa shape index (κ1) is 24.4. The third kappa shape index (κ3) is 4.74. The van der Waals surface area contributed by atoms with Gasteiger partial charge in [-0.3, -0.25) is 10.2 Å². The molecule has 2 aliphatic rings. The molecule has 4 heterocycles. The summed E-state index contributed by atoms with van der Waals surface area (Å²) in [5.74, 6) is -1.46. The van der Waals surface area contributed by atoms with Gasteiger partial charge in [0.15, 0.2) is 5.65 Å². The van der Waals surface area contributed by atoms with Crippen LogP contribution in [0.25, 0.3) is 5.65 Å². The molecule has 0 radical (unpaired) electrons. The molecule has 34 heavy (non-hydrogen) atoms. The molecule has 1 amide bonds. The fourth-order valence-electron chi connectivity index (χ4n) is 4.90. The topological polar surface area (TPSA) is 116 Å². The van der Waals surface area contributed by atoms with Crippen molar-refractivity contribution in [1.82, 2.24) is 24.8 Å². The Hall–Kier alpha value is -2.73. The standard InChI is InChI=1S/C22H31F3N8O/c1-13-11-33-18(29-20(13)31-8-6-14(26)12-31)9-16(30-33)17-5-3-4-7-32(17)21(34)15(10-28-2)19(27)22(23,24)25/h9,11,14-15,17,27-28H,3-8,10,12,26H2,1-2H3/t14-,15?,17-/m0/s1. The quantitative estimate of drug-likeness (QED) is 0.545. The Morgan fingerprint density at radius 3 is 2.74 bits per heavy atom. The van der Waals surface area contributed by atoms with E-state index in [1.54, 1.807) is 10.6 Å². The van der Waals surface area contributed by atoms with Crippen LogP contribution in [0.2, 0.25) is 0 Å². The minimum atomic E-state index is -4.86. The van der Waals surface area contributed by atoms with E-state index in [1.165, 1.54) is 11.9 Å². The second kappa shape index (κ2) is 9.49. The van der Waals surface area contributed by atoms with E-state index in [4.69, 9.17) is 16.1 Å². The minimum absolute atomic E-state index is 0.112. The van der Waals surface area contributed by atoms with Crippen LogP contribution < -0.4 is 16.0 Å². The number of halogens is 3. The maximum Gasteiger partial charge on any atom is 0.429 e. The molecule has 2 aliphatic heterocycles. The van der Waals surface area contributed by atoms with E-state index in [2.05, 4.69) is 15.3 Å². The summed E-state index contributed by atoms with van der Waals surface area (Å²) in [6.45, 7) is 3.58. The van der Waals surface area contributed by atoms with Crippen LogP contribution in [0.3, 0.4) is 0 Å². The Balaban J connectivity index is 1.64. The van der Waals surface area contributed by atoms with E-state index in [1.807, 2.05) is 13.1 Å². The Kier molecular flexibility index (Phi) is 6.81. The molecule has 4 N–H and O–H groups in total. The molecular weight excluding hydrogens is 449 g/mol. The average Bonchev–Trinajstić information content (AvgIpc) is 3.41.